The standard InChI is InChI=1S/C28H34N4O4/c1-3-14-33-19-23-17-24(7-8-27(23)35-16-13-32-11-5-6-12-32)30-28-29-10-9-26(31-28)22-18-25(36-20-22)21-34-15-4-2/h3-4,7-10,17-18,20H,1-2,5-6,11-16,19,21H2,(H,29,30,31). The van der Waals surface area contributed by atoms with Gasteiger partial charge in [-0.3, -0.25) is 4.90 Å². The third kappa shape index (κ3) is 7.52. The Hall–Kier alpha value is -3.46. The topological polar surface area (TPSA) is 81.9 Å². The molecule has 0 aliphatic carbocycles. The zero-order valence-electron chi connectivity index (χ0n) is 20.7. The van der Waals surface area contributed by atoms with Gasteiger partial charge >= 0.3 is 0 Å². The van der Waals surface area contributed by atoms with Gasteiger partial charge in [0.1, 0.15) is 31.0 Å². The summed E-state index contributed by atoms with van der Waals surface area (Å²) in [5.74, 6) is 2.03. The summed E-state index contributed by atoms with van der Waals surface area (Å²) in [5, 5.41) is 3.29. The van der Waals surface area contributed by atoms with Gasteiger partial charge in [-0.15, -0.1) is 13.2 Å². The lowest BCUT2D eigenvalue weighted by molar-refractivity contribution is 0.132. The van der Waals surface area contributed by atoms with Crippen LogP contribution in [0.25, 0.3) is 11.3 Å². The molecule has 1 aliphatic heterocycles. The average Bonchev–Trinajstić information content (AvgIpc) is 3.58. The molecule has 190 valence electrons. The summed E-state index contributed by atoms with van der Waals surface area (Å²) in [7, 11) is 0. The van der Waals surface area contributed by atoms with Gasteiger partial charge in [0.05, 0.1) is 25.5 Å². The van der Waals surface area contributed by atoms with E-state index in [1.807, 2.05) is 30.3 Å². The fourth-order valence-corrected chi connectivity index (χ4v) is 4.00. The molecule has 0 spiro atoms. The summed E-state index contributed by atoms with van der Waals surface area (Å²) in [6.07, 6.45) is 9.38. The highest BCUT2D eigenvalue weighted by atomic mass is 16.5. The van der Waals surface area contributed by atoms with Crippen LogP contribution in [0.2, 0.25) is 0 Å². The predicted molar refractivity (Wildman–Crippen MR) is 140 cm³/mol. The monoisotopic (exact) mass is 490 g/mol. The molecule has 8 nitrogen and oxygen atoms in total. The van der Waals surface area contributed by atoms with E-state index in [-0.39, 0.29) is 0 Å². The molecule has 0 saturated carbocycles. The molecule has 1 aliphatic rings. The minimum atomic E-state index is 0.380. The van der Waals surface area contributed by atoms with Crippen LogP contribution in [0.15, 0.2) is 72.5 Å². The summed E-state index contributed by atoms with van der Waals surface area (Å²) < 4.78 is 22.9. The number of aromatic nitrogens is 2. The summed E-state index contributed by atoms with van der Waals surface area (Å²) in [6.45, 7) is 13.0. The number of nitrogens with zero attached hydrogens (tertiary/aromatic N) is 3. The first-order valence-electron chi connectivity index (χ1n) is 12.3. The second kappa shape index (κ2) is 13.6. The lowest BCUT2D eigenvalue weighted by Crippen LogP contribution is -2.25. The maximum atomic E-state index is 6.12. The highest BCUT2D eigenvalue weighted by Crippen LogP contribution is 2.27. The maximum absolute atomic E-state index is 6.12. The van der Waals surface area contributed by atoms with Crippen LogP contribution in [0.3, 0.4) is 0 Å². The molecule has 1 saturated heterocycles. The number of nitrogens with one attached hydrogen (secondary N) is 1. The Morgan fingerprint density at radius 3 is 2.64 bits per heavy atom. The van der Waals surface area contributed by atoms with Crippen molar-refractivity contribution in [1.29, 1.82) is 0 Å². The van der Waals surface area contributed by atoms with Crippen molar-refractivity contribution in [2.45, 2.75) is 26.1 Å². The maximum Gasteiger partial charge on any atom is 0.227 e. The molecule has 3 aromatic rings. The summed E-state index contributed by atoms with van der Waals surface area (Å²) in [5.41, 5.74) is 3.42. The van der Waals surface area contributed by atoms with Gasteiger partial charge in [0, 0.05) is 29.6 Å². The first-order chi connectivity index (χ1) is 17.7. The summed E-state index contributed by atoms with van der Waals surface area (Å²) >= 11 is 0. The van der Waals surface area contributed by atoms with Gasteiger partial charge in [0.25, 0.3) is 0 Å². The number of benzene rings is 1. The van der Waals surface area contributed by atoms with Crippen molar-refractivity contribution in [3.05, 3.63) is 79.4 Å². The van der Waals surface area contributed by atoms with Crippen LogP contribution in [0.5, 0.6) is 5.75 Å². The first-order valence-corrected chi connectivity index (χ1v) is 12.3. The normalized spacial score (nSPS) is 13.6. The van der Waals surface area contributed by atoms with Crippen molar-refractivity contribution < 1.29 is 18.6 Å². The highest BCUT2D eigenvalue weighted by Gasteiger charge is 2.13. The molecule has 36 heavy (non-hydrogen) atoms. The molecule has 0 unspecified atom stereocenters. The number of rotatable bonds is 15. The predicted octanol–water partition coefficient (Wildman–Crippen LogP) is 5.36. The Morgan fingerprint density at radius 1 is 1.03 bits per heavy atom. The molecule has 4 rings (SSSR count). The average molecular weight is 491 g/mol. The van der Waals surface area contributed by atoms with E-state index in [2.05, 4.69) is 33.3 Å². The Kier molecular flexibility index (Phi) is 9.67. The highest BCUT2D eigenvalue weighted by molar-refractivity contribution is 5.62. The minimum absolute atomic E-state index is 0.380. The molecule has 0 radical (unpaired) electrons. The quantitative estimate of drug-likeness (QED) is 0.225. The smallest absolute Gasteiger partial charge is 0.227 e. The van der Waals surface area contributed by atoms with Gasteiger partial charge in [-0.1, -0.05) is 12.2 Å². The third-order valence-corrected chi connectivity index (χ3v) is 5.76. The lowest BCUT2D eigenvalue weighted by atomic mass is 10.2. The van der Waals surface area contributed by atoms with E-state index in [9.17, 15) is 0 Å². The van der Waals surface area contributed by atoms with Crippen molar-refractivity contribution in [2.75, 3.05) is 44.8 Å². The second-order valence-corrected chi connectivity index (χ2v) is 8.52. The number of anilines is 2. The molecular formula is C28H34N4O4. The van der Waals surface area contributed by atoms with Gasteiger partial charge < -0.3 is 23.9 Å². The molecule has 1 fully saturated rings. The van der Waals surface area contributed by atoms with E-state index in [1.165, 1.54) is 12.8 Å². The van der Waals surface area contributed by atoms with Crippen molar-refractivity contribution in [3.63, 3.8) is 0 Å². The number of hydrogen-bond donors (Lipinski definition) is 1. The van der Waals surface area contributed by atoms with E-state index in [0.717, 1.165) is 53.7 Å². The lowest BCUT2D eigenvalue weighted by Gasteiger charge is -2.17. The van der Waals surface area contributed by atoms with E-state index in [4.69, 9.17) is 18.6 Å². The van der Waals surface area contributed by atoms with Crippen LogP contribution in [0, 0.1) is 0 Å². The number of ether oxygens (including phenoxy) is 3. The molecule has 2 aromatic heterocycles. The van der Waals surface area contributed by atoms with Gasteiger partial charge in [0.2, 0.25) is 5.95 Å². The Morgan fingerprint density at radius 2 is 1.83 bits per heavy atom. The fraction of sp³-hybridized carbons (Fsp3) is 0.357. The molecule has 0 atom stereocenters. The SMILES string of the molecule is C=CCOCc1cc(-c2ccnc(Nc3ccc(OCCN4CCCC4)c(COCC=C)c3)n2)co1. The number of likely N-dealkylation sites (tertiary alicyclic amines) is 1. The van der Waals surface area contributed by atoms with Crippen LogP contribution < -0.4 is 10.1 Å². The van der Waals surface area contributed by atoms with Crippen LogP contribution in [-0.4, -0.2) is 54.3 Å². The molecule has 8 heteroatoms. The van der Waals surface area contributed by atoms with Crippen LogP contribution in [0.1, 0.15) is 24.2 Å². The molecule has 1 N–H and O–H groups in total. The van der Waals surface area contributed by atoms with Gasteiger partial charge in [-0.05, 0) is 56.3 Å². The first kappa shape index (κ1) is 25.6. The van der Waals surface area contributed by atoms with Gasteiger partial charge in [-0.25, -0.2) is 9.97 Å². The van der Waals surface area contributed by atoms with Gasteiger partial charge in [0.15, 0.2) is 0 Å². The molecule has 0 amide bonds. The van der Waals surface area contributed by atoms with E-state index in [1.54, 1.807) is 24.6 Å². The van der Waals surface area contributed by atoms with E-state index >= 15 is 0 Å². The van der Waals surface area contributed by atoms with Crippen LogP contribution in [-0.2, 0) is 22.7 Å². The molecular weight excluding hydrogens is 456 g/mol. The Labute approximate surface area is 212 Å². The molecule has 0 bridgehead atoms. The molecule has 1 aromatic carbocycles. The summed E-state index contributed by atoms with van der Waals surface area (Å²) in [6, 6.07) is 9.70. The zero-order valence-corrected chi connectivity index (χ0v) is 20.7. The third-order valence-electron chi connectivity index (χ3n) is 5.76. The number of furan rings is 1. The van der Waals surface area contributed by atoms with Crippen LogP contribution in [0.4, 0.5) is 11.6 Å². The van der Waals surface area contributed by atoms with Gasteiger partial charge in [-0.2, -0.15) is 0 Å². The second-order valence-electron chi connectivity index (χ2n) is 8.52. The number of hydrogen-bond acceptors (Lipinski definition) is 8. The van der Waals surface area contributed by atoms with E-state index in [0.29, 0.717) is 39.0 Å². The largest absolute Gasteiger partial charge is 0.492 e. The van der Waals surface area contributed by atoms with Crippen molar-refractivity contribution >= 4 is 11.6 Å². The Bertz CT molecular complexity index is 1120. The van der Waals surface area contributed by atoms with E-state index < -0.39 is 0 Å². The summed E-state index contributed by atoms with van der Waals surface area (Å²) in [4.78, 5) is 11.5. The van der Waals surface area contributed by atoms with Crippen molar-refractivity contribution in [3.8, 4) is 17.0 Å². The van der Waals surface area contributed by atoms with Crippen LogP contribution >= 0.6 is 0 Å². The molecule has 3 heterocycles. The van der Waals surface area contributed by atoms with Crippen molar-refractivity contribution in [2.24, 2.45) is 0 Å². The van der Waals surface area contributed by atoms with Crippen molar-refractivity contribution in [1.82, 2.24) is 14.9 Å². The fourth-order valence-electron chi connectivity index (χ4n) is 4.00. The minimum Gasteiger partial charge on any atom is -0.492 e. The zero-order chi connectivity index (χ0) is 25.0. The Balaban J connectivity index is 1.42.